The molecule has 0 saturated carbocycles. The topological polar surface area (TPSA) is 127 Å². The van der Waals surface area contributed by atoms with Crippen LogP contribution >= 0.6 is 11.3 Å². The lowest BCUT2D eigenvalue weighted by molar-refractivity contribution is -0.387. The number of rotatable bonds is 6. The molecular formula is C11H10N4O5S. The van der Waals surface area contributed by atoms with Crippen LogP contribution in [-0.2, 0) is 11.3 Å². The highest BCUT2D eigenvalue weighted by atomic mass is 32.1. The maximum absolute atomic E-state index is 11.6. The van der Waals surface area contributed by atoms with E-state index in [9.17, 15) is 19.7 Å². The van der Waals surface area contributed by atoms with E-state index < -0.39 is 34.6 Å². The summed E-state index contributed by atoms with van der Waals surface area (Å²) in [5.41, 5.74) is -1.77. The highest BCUT2D eigenvalue weighted by molar-refractivity contribution is 7.09. The Morgan fingerprint density at radius 3 is 3.05 bits per heavy atom. The normalized spacial score (nSPS) is 10.1. The van der Waals surface area contributed by atoms with Crippen LogP contribution in [0.2, 0.25) is 0 Å². The molecule has 1 amide bonds. The number of carbonyl (C=O) groups is 1. The first-order valence-corrected chi connectivity index (χ1v) is 6.60. The fourth-order valence-corrected chi connectivity index (χ4v) is 2.07. The lowest BCUT2D eigenvalue weighted by Crippen LogP contribution is -2.28. The number of thiophene rings is 1. The van der Waals surface area contributed by atoms with Gasteiger partial charge in [-0.2, -0.15) is 4.98 Å². The van der Waals surface area contributed by atoms with Crippen molar-refractivity contribution < 1.29 is 14.5 Å². The number of aromatic nitrogens is 2. The molecular weight excluding hydrogens is 300 g/mol. The van der Waals surface area contributed by atoms with E-state index in [2.05, 4.69) is 15.3 Å². The van der Waals surface area contributed by atoms with Gasteiger partial charge < -0.3 is 15.0 Å². The van der Waals surface area contributed by atoms with Gasteiger partial charge in [0.15, 0.2) is 6.61 Å². The number of hydrogen-bond donors (Lipinski definition) is 2. The monoisotopic (exact) mass is 310 g/mol. The van der Waals surface area contributed by atoms with Crippen molar-refractivity contribution >= 4 is 22.9 Å². The molecule has 0 saturated heterocycles. The zero-order valence-electron chi connectivity index (χ0n) is 10.6. The third kappa shape index (κ3) is 3.86. The first kappa shape index (κ1) is 14.7. The Labute approximate surface area is 121 Å². The van der Waals surface area contributed by atoms with Gasteiger partial charge in [0, 0.05) is 4.88 Å². The zero-order chi connectivity index (χ0) is 15.2. The quantitative estimate of drug-likeness (QED) is 0.588. The standard InChI is InChI=1S/C11H10N4O5S/c16-8(12-4-7-2-1-3-21-7)5-20-11-9(15(18)19)10(17)13-6-14-11/h1-3,6H,4-5H2,(H,12,16)(H,13,14,17). The molecule has 2 rings (SSSR count). The largest absolute Gasteiger partial charge is 0.463 e. The fraction of sp³-hybridized carbons (Fsp3) is 0.182. The molecule has 110 valence electrons. The van der Waals surface area contributed by atoms with E-state index in [4.69, 9.17) is 4.74 Å². The highest BCUT2D eigenvalue weighted by Crippen LogP contribution is 2.17. The summed E-state index contributed by atoms with van der Waals surface area (Å²) in [5, 5.41) is 15.2. The molecule has 10 heteroatoms. The van der Waals surface area contributed by atoms with Gasteiger partial charge in [-0.05, 0) is 11.4 Å². The number of amides is 1. The second-order valence-corrected chi connectivity index (χ2v) is 4.82. The van der Waals surface area contributed by atoms with Gasteiger partial charge >= 0.3 is 17.1 Å². The smallest absolute Gasteiger partial charge is 0.395 e. The molecule has 0 unspecified atom stereocenters. The van der Waals surface area contributed by atoms with Gasteiger partial charge in [0.2, 0.25) is 0 Å². The van der Waals surface area contributed by atoms with Crippen molar-refractivity contribution in [3.8, 4) is 5.88 Å². The Hall–Kier alpha value is -2.75. The molecule has 0 aliphatic rings. The lowest BCUT2D eigenvalue weighted by Gasteiger charge is -2.05. The fourth-order valence-electron chi connectivity index (χ4n) is 1.43. The average molecular weight is 310 g/mol. The van der Waals surface area contributed by atoms with Crippen molar-refractivity contribution in [3.63, 3.8) is 0 Å². The first-order chi connectivity index (χ1) is 10.1. The summed E-state index contributed by atoms with van der Waals surface area (Å²) in [7, 11) is 0. The predicted molar refractivity (Wildman–Crippen MR) is 73.2 cm³/mol. The molecule has 2 N–H and O–H groups in total. The number of nitrogens with one attached hydrogen (secondary N) is 2. The second kappa shape index (κ2) is 6.61. The highest BCUT2D eigenvalue weighted by Gasteiger charge is 2.22. The van der Waals surface area contributed by atoms with Gasteiger partial charge in [0.05, 0.1) is 17.8 Å². The summed E-state index contributed by atoms with van der Waals surface area (Å²) >= 11 is 1.49. The van der Waals surface area contributed by atoms with E-state index in [1.807, 2.05) is 17.5 Å². The van der Waals surface area contributed by atoms with E-state index in [0.29, 0.717) is 6.54 Å². The molecule has 0 bridgehead atoms. The van der Waals surface area contributed by atoms with Crippen LogP contribution in [0.1, 0.15) is 4.88 Å². The molecule has 9 nitrogen and oxygen atoms in total. The average Bonchev–Trinajstić information content (AvgIpc) is 2.95. The molecule has 2 aromatic rings. The second-order valence-electron chi connectivity index (χ2n) is 3.79. The number of H-pyrrole nitrogens is 1. The molecule has 0 aliphatic heterocycles. The van der Waals surface area contributed by atoms with Crippen LogP contribution in [0.15, 0.2) is 28.6 Å². The van der Waals surface area contributed by atoms with Gasteiger partial charge in [-0.1, -0.05) is 6.07 Å². The minimum atomic E-state index is -0.941. The zero-order valence-corrected chi connectivity index (χ0v) is 11.4. The number of nitrogens with zero attached hydrogens (tertiary/aromatic N) is 2. The Morgan fingerprint density at radius 1 is 1.57 bits per heavy atom. The number of hydrogen-bond acceptors (Lipinski definition) is 7. The van der Waals surface area contributed by atoms with Gasteiger partial charge in [0.1, 0.15) is 0 Å². The van der Waals surface area contributed by atoms with Crippen LogP contribution in [0.5, 0.6) is 5.88 Å². The van der Waals surface area contributed by atoms with Crippen molar-refractivity contribution in [3.05, 3.63) is 49.2 Å². The molecule has 0 aromatic carbocycles. The summed E-state index contributed by atoms with van der Waals surface area (Å²) in [6.07, 6.45) is 0.966. The van der Waals surface area contributed by atoms with Gasteiger partial charge in [-0.25, -0.2) is 0 Å². The van der Waals surface area contributed by atoms with Crippen molar-refractivity contribution in [2.24, 2.45) is 0 Å². The van der Waals surface area contributed by atoms with Crippen molar-refractivity contribution in [2.45, 2.75) is 6.54 Å². The Morgan fingerprint density at radius 2 is 2.38 bits per heavy atom. The molecule has 0 fully saturated rings. The van der Waals surface area contributed by atoms with Crippen LogP contribution in [0.4, 0.5) is 5.69 Å². The molecule has 2 heterocycles. The van der Waals surface area contributed by atoms with E-state index >= 15 is 0 Å². The lowest BCUT2D eigenvalue weighted by atomic mass is 10.4. The van der Waals surface area contributed by atoms with Crippen LogP contribution in [0, 0.1) is 10.1 Å². The van der Waals surface area contributed by atoms with Crippen molar-refractivity contribution in [1.82, 2.24) is 15.3 Å². The Kier molecular flexibility index (Phi) is 4.61. The molecule has 0 spiro atoms. The molecule has 21 heavy (non-hydrogen) atoms. The van der Waals surface area contributed by atoms with Gasteiger partial charge in [0.25, 0.3) is 5.91 Å². The Balaban J connectivity index is 1.94. The number of aromatic amines is 1. The first-order valence-electron chi connectivity index (χ1n) is 5.72. The van der Waals surface area contributed by atoms with E-state index in [0.717, 1.165) is 11.2 Å². The maximum atomic E-state index is 11.6. The van der Waals surface area contributed by atoms with E-state index in [-0.39, 0.29) is 0 Å². The number of carbonyl (C=O) groups excluding carboxylic acids is 1. The van der Waals surface area contributed by atoms with E-state index in [1.54, 1.807) is 0 Å². The molecule has 0 radical (unpaired) electrons. The number of nitro groups is 1. The van der Waals surface area contributed by atoms with E-state index in [1.165, 1.54) is 11.3 Å². The molecule has 0 atom stereocenters. The molecule has 0 aliphatic carbocycles. The summed E-state index contributed by atoms with van der Waals surface area (Å²) in [6, 6.07) is 3.71. The summed E-state index contributed by atoms with van der Waals surface area (Å²) in [4.78, 5) is 39.2. The summed E-state index contributed by atoms with van der Waals surface area (Å²) < 4.78 is 4.93. The minimum Gasteiger partial charge on any atom is -0.463 e. The van der Waals surface area contributed by atoms with Crippen LogP contribution < -0.4 is 15.6 Å². The Bertz CT molecular complexity index is 697. The maximum Gasteiger partial charge on any atom is 0.395 e. The van der Waals surface area contributed by atoms with Crippen LogP contribution in [-0.4, -0.2) is 27.4 Å². The number of ether oxygens (including phenoxy) is 1. The van der Waals surface area contributed by atoms with Crippen molar-refractivity contribution in [1.29, 1.82) is 0 Å². The van der Waals surface area contributed by atoms with Crippen molar-refractivity contribution in [2.75, 3.05) is 6.61 Å². The van der Waals surface area contributed by atoms with Crippen LogP contribution in [0.25, 0.3) is 0 Å². The third-order valence-electron chi connectivity index (χ3n) is 2.36. The summed E-state index contributed by atoms with van der Waals surface area (Å²) in [6.45, 7) is -0.132. The SMILES string of the molecule is O=C(COc1nc[nH]c(=O)c1[N+](=O)[O-])NCc1cccs1. The third-order valence-corrected chi connectivity index (χ3v) is 3.23. The predicted octanol–water partition coefficient (Wildman–Crippen LogP) is 0.435. The van der Waals surface area contributed by atoms with Gasteiger partial charge in [-0.15, -0.1) is 11.3 Å². The molecule has 2 aromatic heterocycles. The summed E-state index contributed by atoms with van der Waals surface area (Å²) in [5.74, 6) is -0.963. The minimum absolute atomic E-state index is 0.338. The van der Waals surface area contributed by atoms with Gasteiger partial charge in [-0.3, -0.25) is 19.7 Å². The van der Waals surface area contributed by atoms with Crippen LogP contribution in [0.3, 0.4) is 0 Å².